The fourth-order valence-corrected chi connectivity index (χ4v) is 3.18. The maximum atomic E-state index is 5.97. The Kier molecular flexibility index (Phi) is 5.80. The molecule has 0 radical (unpaired) electrons. The largest absolute Gasteiger partial charge is 0.493 e. The molecule has 0 amide bonds. The Morgan fingerprint density at radius 3 is 2.30 bits per heavy atom. The van der Waals surface area contributed by atoms with Crippen LogP contribution in [0.5, 0.6) is 17.4 Å². The first-order chi connectivity index (χ1) is 14.7. The third kappa shape index (κ3) is 4.70. The van der Waals surface area contributed by atoms with Gasteiger partial charge in [-0.05, 0) is 65.2 Å². The second kappa shape index (κ2) is 9.01. The Morgan fingerprint density at radius 2 is 1.53 bits per heavy atom. The number of hydrogen-bond acceptors (Lipinski definition) is 5. The first kappa shape index (κ1) is 19.3. The summed E-state index contributed by atoms with van der Waals surface area (Å²) in [7, 11) is 0. The van der Waals surface area contributed by atoms with Gasteiger partial charge < -0.3 is 20.9 Å². The zero-order chi connectivity index (χ0) is 20.8. The Hall–Kier alpha value is -3.99. The molecule has 5 heteroatoms. The fraction of sp³-hybridized carbons (Fsp3) is 0.0800. The number of anilines is 2. The molecule has 5 nitrogen and oxygen atoms in total. The number of nitrogens with two attached hydrogens (primary N) is 2. The van der Waals surface area contributed by atoms with Gasteiger partial charge in [0.15, 0.2) is 0 Å². The van der Waals surface area contributed by atoms with Gasteiger partial charge in [0.2, 0.25) is 5.88 Å². The van der Waals surface area contributed by atoms with Gasteiger partial charge >= 0.3 is 0 Å². The van der Waals surface area contributed by atoms with Crippen LogP contribution in [0.2, 0.25) is 0 Å². The van der Waals surface area contributed by atoms with Gasteiger partial charge in [-0.1, -0.05) is 36.4 Å². The third-order valence-electron chi connectivity index (χ3n) is 4.70. The molecule has 0 aliphatic rings. The molecule has 0 fully saturated rings. The highest BCUT2D eigenvalue weighted by atomic mass is 16.5. The molecular weight excluding hydrogens is 374 g/mol. The zero-order valence-corrected chi connectivity index (χ0v) is 16.5. The molecule has 1 heterocycles. The molecule has 0 aliphatic heterocycles. The molecule has 0 saturated carbocycles. The fourth-order valence-electron chi connectivity index (χ4n) is 3.18. The minimum Gasteiger partial charge on any atom is -0.493 e. The van der Waals surface area contributed by atoms with Crippen molar-refractivity contribution in [3.8, 4) is 28.5 Å². The summed E-state index contributed by atoms with van der Waals surface area (Å²) in [6.45, 7) is 0.527. The molecule has 0 bridgehead atoms. The predicted octanol–water partition coefficient (Wildman–Crippen LogP) is 5.33. The van der Waals surface area contributed by atoms with E-state index in [4.69, 9.17) is 20.9 Å². The molecule has 4 aromatic rings. The molecule has 1 aromatic heterocycles. The molecule has 30 heavy (non-hydrogen) atoms. The van der Waals surface area contributed by atoms with Crippen molar-refractivity contribution in [1.29, 1.82) is 0 Å². The minimum absolute atomic E-state index is 0.397. The summed E-state index contributed by atoms with van der Waals surface area (Å²) < 4.78 is 11.8. The van der Waals surface area contributed by atoms with Crippen LogP contribution < -0.4 is 20.9 Å². The average Bonchev–Trinajstić information content (AvgIpc) is 2.78. The van der Waals surface area contributed by atoms with Gasteiger partial charge in [-0.15, -0.1) is 0 Å². The van der Waals surface area contributed by atoms with Crippen molar-refractivity contribution < 1.29 is 9.47 Å². The molecule has 0 unspecified atom stereocenters. The smallest absolute Gasteiger partial charge is 0.242 e. The monoisotopic (exact) mass is 397 g/mol. The van der Waals surface area contributed by atoms with Crippen molar-refractivity contribution in [2.24, 2.45) is 0 Å². The summed E-state index contributed by atoms with van der Waals surface area (Å²) in [5.41, 5.74) is 16.3. The Bertz CT molecular complexity index is 1110. The highest BCUT2D eigenvalue weighted by Crippen LogP contribution is 2.31. The van der Waals surface area contributed by atoms with E-state index in [0.717, 1.165) is 22.4 Å². The lowest BCUT2D eigenvalue weighted by Gasteiger charge is -2.14. The first-order valence-corrected chi connectivity index (χ1v) is 9.74. The topological polar surface area (TPSA) is 83.4 Å². The van der Waals surface area contributed by atoms with Crippen LogP contribution in [0.1, 0.15) is 5.56 Å². The number of pyridine rings is 1. The van der Waals surface area contributed by atoms with E-state index >= 15 is 0 Å². The number of aromatic nitrogens is 1. The Morgan fingerprint density at radius 1 is 0.767 bits per heavy atom. The number of benzene rings is 3. The number of nitrogen functional groups attached to an aromatic ring is 2. The summed E-state index contributed by atoms with van der Waals surface area (Å²) >= 11 is 0. The SMILES string of the molecule is Nc1ccc(OCCc2cc(Oc3ncccc3N)ccc2-c2ccccc2)cc1. The highest BCUT2D eigenvalue weighted by molar-refractivity contribution is 5.68. The lowest BCUT2D eigenvalue weighted by molar-refractivity contribution is 0.322. The van der Waals surface area contributed by atoms with Gasteiger partial charge in [0, 0.05) is 18.3 Å². The van der Waals surface area contributed by atoms with Crippen molar-refractivity contribution in [1.82, 2.24) is 4.98 Å². The molecule has 4 N–H and O–H groups in total. The molecule has 150 valence electrons. The maximum Gasteiger partial charge on any atom is 0.242 e. The van der Waals surface area contributed by atoms with Crippen molar-refractivity contribution in [3.63, 3.8) is 0 Å². The molecule has 0 atom stereocenters. The van der Waals surface area contributed by atoms with E-state index in [2.05, 4.69) is 23.2 Å². The summed E-state index contributed by atoms with van der Waals surface area (Å²) in [5.74, 6) is 1.87. The summed E-state index contributed by atoms with van der Waals surface area (Å²) in [5, 5.41) is 0. The second-order valence-corrected chi connectivity index (χ2v) is 6.85. The van der Waals surface area contributed by atoms with Gasteiger partial charge in [-0.25, -0.2) is 4.98 Å². The van der Waals surface area contributed by atoms with E-state index in [1.165, 1.54) is 0 Å². The van der Waals surface area contributed by atoms with Gasteiger partial charge in [-0.2, -0.15) is 0 Å². The minimum atomic E-state index is 0.397. The molecular formula is C25H23N3O2. The molecule has 0 aliphatic carbocycles. The normalized spacial score (nSPS) is 10.5. The standard InChI is InChI=1S/C25H23N3O2/c26-20-8-10-21(11-9-20)29-16-14-19-17-22(30-25-24(27)7-4-15-28-25)12-13-23(19)18-5-2-1-3-6-18/h1-13,15,17H,14,16,26-27H2. The number of nitrogens with zero attached hydrogens (tertiary/aromatic N) is 1. The van der Waals surface area contributed by atoms with E-state index in [9.17, 15) is 0 Å². The quantitative estimate of drug-likeness (QED) is 0.412. The summed E-state index contributed by atoms with van der Waals surface area (Å²) in [6, 6.07) is 27.2. The van der Waals surface area contributed by atoms with Crippen molar-refractivity contribution >= 4 is 11.4 Å². The maximum absolute atomic E-state index is 5.97. The van der Waals surface area contributed by atoms with Crippen LogP contribution in [0.15, 0.2) is 91.1 Å². The van der Waals surface area contributed by atoms with Gasteiger partial charge in [0.1, 0.15) is 11.5 Å². The van der Waals surface area contributed by atoms with Crippen LogP contribution in [0, 0.1) is 0 Å². The van der Waals surface area contributed by atoms with E-state index < -0.39 is 0 Å². The van der Waals surface area contributed by atoms with Crippen LogP contribution in [-0.2, 0) is 6.42 Å². The van der Waals surface area contributed by atoms with Gasteiger partial charge in [0.25, 0.3) is 0 Å². The van der Waals surface area contributed by atoms with E-state index in [-0.39, 0.29) is 0 Å². The zero-order valence-electron chi connectivity index (χ0n) is 16.5. The van der Waals surface area contributed by atoms with E-state index in [0.29, 0.717) is 36.0 Å². The Labute approximate surface area is 175 Å². The van der Waals surface area contributed by atoms with Crippen LogP contribution in [-0.4, -0.2) is 11.6 Å². The van der Waals surface area contributed by atoms with Crippen molar-refractivity contribution in [2.45, 2.75) is 6.42 Å². The lowest BCUT2D eigenvalue weighted by atomic mass is 9.97. The van der Waals surface area contributed by atoms with Gasteiger partial charge in [-0.3, -0.25) is 0 Å². The third-order valence-corrected chi connectivity index (χ3v) is 4.70. The highest BCUT2D eigenvalue weighted by Gasteiger charge is 2.10. The molecule has 0 spiro atoms. The first-order valence-electron chi connectivity index (χ1n) is 9.74. The number of rotatable bonds is 7. The van der Waals surface area contributed by atoms with E-state index in [1.54, 1.807) is 18.3 Å². The van der Waals surface area contributed by atoms with Gasteiger partial charge in [0.05, 0.1) is 12.3 Å². The van der Waals surface area contributed by atoms with E-state index in [1.807, 2.05) is 54.6 Å². The van der Waals surface area contributed by atoms with Crippen LogP contribution >= 0.6 is 0 Å². The summed E-state index contributed by atoms with van der Waals surface area (Å²) in [6.07, 6.45) is 2.37. The predicted molar refractivity (Wildman–Crippen MR) is 121 cm³/mol. The van der Waals surface area contributed by atoms with Crippen LogP contribution in [0.25, 0.3) is 11.1 Å². The second-order valence-electron chi connectivity index (χ2n) is 6.85. The molecule has 0 saturated heterocycles. The van der Waals surface area contributed by atoms with Crippen LogP contribution in [0.3, 0.4) is 0 Å². The van der Waals surface area contributed by atoms with Crippen molar-refractivity contribution in [2.75, 3.05) is 18.1 Å². The lowest BCUT2D eigenvalue weighted by Crippen LogP contribution is -2.03. The molecule has 4 rings (SSSR count). The molecule has 3 aromatic carbocycles. The number of hydrogen-bond donors (Lipinski definition) is 2. The van der Waals surface area contributed by atoms with Crippen LogP contribution in [0.4, 0.5) is 11.4 Å². The number of ether oxygens (including phenoxy) is 2. The average molecular weight is 397 g/mol. The summed E-state index contributed by atoms with van der Waals surface area (Å²) in [4.78, 5) is 4.21. The Balaban J connectivity index is 1.57. The van der Waals surface area contributed by atoms with Crippen molar-refractivity contribution in [3.05, 3.63) is 96.7 Å².